The SMILES string of the molecule is Fc1cc(-c2ncon2)ccc1CBr. The third-order valence-electron chi connectivity index (χ3n) is 1.82. The molecule has 1 aromatic heterocycles. The van der Waals surface area contributed by atoms with Gasteiger partial charge < -0.3 is 4.52 Å². The Bertz CT molecular complexity index is 430. The van der Waals surface area contributed by atoms with Gasteiger partial charge in [-0.05, 0) is 11.6 Å². The van der Waals surface area contributed by atoms with E-state index in [1.807, 2.05) is 0 Å². The summed E-state index contributed by atoms with van der Waals surface area (Å²) in [5.74, 6) is 0.120. The minimum absolute atomic E-state index is 0.274. The number of aromatic nitrogens is 2. The molecule has 0 aliphatic carbocycles. The number of nitrogens with zero attached hydrogens (tertiary/aromatic N) is 2. The van der Waals surface area contributed by atoms with Crippen LogP contribution in [-0.2, 0) is 5.33 Å². The summed E-state index contributed by atoms with van der Waals surface area (Å²) in [6.45, 7) is 0. The van der Waals surface area contributed by atoms with E-state index in [9.17, 15) is 4.39 Å². The Morgan fingerprint density at radius 2 is 2.29 bits per heavy atom. The molecular formula is C9H6BrFN2O. The summed E-state index contributed by atoms with van der Waals surface area (Å²) in [6, 6.07) is 4.84. The van der Waals surface area contributed by atoms with Gasteiger partial charge in [0, 0.05) is 10.9 Å². The zero-order valence-electron chi connectivity index (χ0n) is 7.08. The molecule has 0 bridgehead atoms. The van der Waals surface area contributed by atoms with Crippen LogP contribution in [0.4, 0.5) is 4.39 Å². The molecular weight excluding hydrogens is 251 g/mol. The van der Waals surface area contributed by atoms with Crippen molar-refractivity contribution in [2.45, 2.75) is 5.33 Å². The molecule has 1 heterocycles. The van der Waals surface area contributed by atoms with Crippen molar-refractivity contribution < 1.29 is 8.91 Å². The molecule has 0 aliphatic rings. The summed E-state index contributed by atoms with van der Waals surface area (Å²) >= 11 is 3.19. The average Bonchev–Trinajstić information content (AvgIpc) is 2.70. The molecule has 0 spiro atoms. The normalized spacial score (nSPS) is 10.4. The van der Waals surface area contributed by atoms with Crippen LogP contribution < -0.4 is 0 Å². The number of benzene rings is 1. The highest BCUT2D eigenvalue weighted by atomic mass is 79.9. The lowest BCUT2D eigenvalue weighted by Gasteiger charge is -1.99. The van der Waals surface area contributed by atoms with Gasteiger partial charge in [0.1, 0.15) is 5.82 Å². The molecule has 0 N–H and O–H groups in total. The quantitative estimate of drug-likeness (QED) is 0.776. The van der Waals surface area contributed by atoms with Crippen LogP contribution >= 0.6 is 15.9 Å². The van der Waals surface area contributed by atoms with E-state index in [4.69, 9.17) is 0 Å². The monoisotopic (exact) mass is 256 g/mol. The minimum Gasteiger partial charge on any atom is -0.342 e. The maximum Gasteiger partial charge on any atom is 0.214 e. The molecule has 2 aromatic rings. The van der Waals surface area contributed by atoms with Crippen LogP contribution in [0.15, 0.2) is 29.1 Å². The topological polar surface area (TPSA) is 38.9 Å². The smallest absolute Gasteiger partial charge is 0.214 e. The second-order valence-electron chi connectivity index (χ2n) is 2.69. The molecule has 0 saturated heterocycles. The lowest BCUT2D eigenvalue weighted by atomic mass is 10.1. The molecule has 0 atom stereocenters. The van der Waals surface area contributed by atoms with Gasteiger partial charge in [0.15, 0.2) is 0 Å². The number of hydrogen-bond acceptors (Lipinski definition) is 3. The predicted octanol–water partition coefficient (Wildman–Crippen LogP) is 2.77. The van der Waals surface area contributed by atoms with Crippen molar-refractivity contribution in [3.63, 3.8) is 0 Å². The Morgan fingerprint density at radius 3 is 2.86 bits per heavy atom. The first kappa shape index (κ1) is 9.33. The molecule has 2 rings (SSSR count). The summed E-state index contributed by atoms with van der Waals surface area (Å²) in [5.41, 5.74) is 1.22. The molecule has 14 heavy (non-hydrogen) atoms. The second-order valence-corrected chi connectivity index (χ2v) is 3.26. The lowest BCUT2D eigenvalue weighted by Crippen LogP contribution is -1.88. The maximum absolute atomic E-state index is 13.3. The number of hydrogen-bond donors (Lipinski definition) is 0. The van der Waals surface area contributed by atoms with Crippen LogP contribution in [0.2, 0.25) is 0 Å². The number of rotatable bonds is 2. The third kappa shape index (κ3) is 1.68. The van der Waals surface area contributed by atoms with Gasteiger partial charge >= 0.3 is 0 Å². The van der Waals surface area contributed by atoms with Crippen LogP contribution in [0.5, 0.6) is 0 Å². The van der Waals surface area contributed by atoms with Crippen LogP contribution in [0.3, 0.4) is 0 Å². The Labute approximate surface area is 88.1 Å². The first-order chi connectivity index (χ1) is 6.81. The molecule has 5 heteroatoms. The Kier molecular flexibility index (Phi) is 2.58. The Morgan fingerprint density at radius 1 is 1.43 bits per heavy atom. The summed E-state index contributed by atoms with van der Waals surface area (Å²) in [5, 5.41) is 4.11. The molecule has 1 aromatic carbocycles. The highest BCUT2D eigenvalue weighted by Crippen LogP contribution is 2.19. The first-order valence-electron chi connectivity index (χ1n) is 3.92. The summed E-state index contributed by atoms with van der Waals surface area (Å²) < 4.78 is 17.9. The molecule has 0 amide bonds. The van der Waals surface area contributed by atoms with Crippen molar-refractivity contribution in [2.24, 2.45) is 0 Å². The number of halogens is 2. The van der Waals surface area contributed by atoms with Gasteiger partial charge in [-0.25, -0.2) is 4.39 Å². The van der Waals surface area contributed by atoms with E-state index >= 15 is 0 Å². The van der Waals surface area contributed by atoms with Gasteiger partial charge in [-0.2, -0.15) is 4.98 Å². The van der Waals surface area contributed by atoms with Crippen LogP contribution in [-0.4, -0.2) is 10.1 Å². The van der Waals surface area contributed by atoms with Crippen LogP contribution in [0, 0.1) is 5.82 Å². The van der Waals surface area contributed by atoms with E-state index in [0.29, 0.717) is 22.3 Å². The Hall–Kier alpha value is -1.23. The standard InChI is InChI=1S/C9H6BrFN2O/c10-4-7-2-1-6(3-8(7)11)9-12-5-14-13-9/h1-3,5H,4H2. The second kappa shape index (κ2) is 3.88. The fourth-order valence-corrected chi connectivity index (χ4v) is 1.55. The maximum atomic E-state index is 13.3. The molecule has 0 aliphatic heterocycles. The predicted molar refractivity (Wildman–Crippen MR) is 52.3 cm³/mol. The fourth-order valence-electron chi connectivity index (χ4n) is 1.09. The molecule has 0 radical (unpaired) electrons. The third-order valence-corrected chi connectivity index (χ3v) is 2.42. The van der Waals surface area contributed by atoms with Crippen molar-refractivity contribution in [1.29, 1.82) is 0 Å². The van der Waals surface area contributed by atoms with Gasteiger partial charge in [-0.1, -0.05) is 33.2 Å². The van der Waals surface area contributed by atoms with Crippen molar-refractivity contribution >= 4 is 15.9 Å². The van der Waals surface area contributed by atoms with Gasteiger partial charge in [0.25, 0.3) is 0 Å². The summed E-state index contributed by atoms with van der Waals surface area (Å²) in [7, 11) is 0. The molecule has 3 nitrogen and oxygen atoms in total. The molecule has 0 unspecified atom stereocenters. The van der Waals surface area contributed by atoms with Gasteiger partial charge in [-0.3, -0.25) is 0 Å². The lowest BCUT2D eigenvalue weighted by molar-refractivity contribution is 0.418. The van der Waals surface area contributed by atoms with E-state index in [1.165, 1.54) is 12.5 Å². The largest absolute Gasteiger partial charge is 0.342 e. The van der Waals surface area contributed by atoms with Gasteiger partial charge in [0.2, 0.25) is 12.2 Å². The number of alkyl halides is 1. The first-order valence-corrected chi connectivity index (χ1v) is 5.04. The minimum atomic E-state index is -0.274. The summed E-state index contributed by atoms with van der Waals surface area (Å²) in [6.07, 6.45) is 1.21. The van der Waals surface area contributed by atoms with Crippen molar-refractivity contribution in [3.05, 3.63) is 36.0 Å². The van der Waals surface area contributed by atoms with E-state index in [-0.39, 0.29) is 5.82 Å². The van der Waals surface area contributed by atoms with E-state index in [2.05, 4.69) is 30.6 Å². The van der Waals surface area contributed by atoms with E-state index in [1.54, 1.807) is 12.1 Å². The van der Waals surface area contributed by atoms with Crippen molar-refractivity contribution in [1.82, 2.24) is 10.1 Å². The van der Waals surface area contributed by atoms with Gasteiger partial charge in [-0.15, -0.1) is 0 Å². The highest BCUT2D eigenvalue weighted by Gasteiger charge is 2.06. The van der Waals surface area contributed by atoms with Crippen LogP contribution in [0.25, 0.3) is 11.4 Å². The molecule has 72 valence electrons. The van der Waals surface area contributed by atoms with Gasteiger partial charge in [0.05, 0.1) is 0 Å². The highest BCUT2D eigenvalue weighted by molar-refractivity contribution is 9.08. The molecule has 0 saturated carbocycles. The van der Waals surface area contributed by atoms with Crippen molar-refractivity contribution in [2.75, 3.05) is 0 Å². The zero-order chi connectivity index (χ0) is 9.97. The zero-order valence-corrected chi connectivity index (χ0v) is 8.66. The fraction of sp³-hybridized carbons (Fsp3) is 0.111. The summed E-state index contributed by atoms with van der Waals surface area (Å²) in [4.78, 5) is 3.83. The van der Waals surface area contributed by atoms with E-state index in [0.717, 1.165) is 0 Å². The molecule has 0 fully saturated rings. The van der Waals surface area contributed by atoms with E-state index < -0.39 is 0 Å². The average molecular weight is 257 g/mol. The van der Waals surface area contributed by atoms with Crippen LogP contribution in [0.1, 0.15) is 5.56 Å². The Balaban J connectivity index is 2.43. The van der Waals surface area contributed by atoms with Crippen molar-refractivity contribution in [3.8, 4) is 11.4 Å².